The summed E-state index contributed by atoms with van der Waals surface area (Å²) in [5.74, 6) is 2.21. The molecule has 0 bridgehead atoms. The normalized spacial score (nSPS) is 11.2. The van der Waals surface area contributed by atoms with Crippen molar-refractivity contribution in [3.8, 4) is 17.6 Å². The molecule has 5 nitrogen and oxygen atoms in total. The molecule has 0 unspecified atom stereocenters. The number of ether oxygens (including phenoxy) is 2. The van der Waals surface area contributed by atoms with Crippen LogP contribution in [0.2, 0.25) is 0 Å². The van der Waals surface area contributed by atoms with E-state index in [0.29, 0.717) is 35.4 Å². The molecule has 28 heavy (non-hydrogen) atoms. The first-order valence-corrected chi connectivity index (χ1v) is 9.38. The number of nitrogens with one attached hydrogen (secondary N) is 1. The molecule has 0 saturated carbocycles. The van der Waals surface area contributed by atoms with Crippen molar-refractivity contribution in [2.24, 2.45) is 5.92 Å². The molecule has 0 saturated heterocycles. The second-order valence-electron chi connectivity index (χ2n) is 6.51. The Kier molecular flexibility index (Phi) is 7.50. The van der Waals surface area contributed by atoms with E-state index in [-0.39, 0.29) is 12.4 Å². The lowest BCUT2D eigenvalue weighted by atomic mass is 10.1. The van der Waals surface area contributed by atoms with Gasteiger partial charge in [-0.2, -0.15) is 5.26 Å². The van der Waals surface area contributed by atoms with Gasteiger partial charge in [0.15, 0.2) is 11.5 Å². The number of hydrogen-bond acceptors (Lipinski definition) is 4. The number of imidazole rings is 1. The molecule has 1 heterocycles. The van der Waals surface area contributed by atoms with E-state index in [4.69, 9.17) is 9.47 Å². The van der Waals surface area contributed by atoms with E-state index in [2.05, 4.69) is 45.8 Å². The molecule has 3 rings (SSSR count). The molecule has 0 atom stereocenters. The highest BCUT2D eigenvalue weighted by atomic mass is 79.9. The van der Waals surface area contributed by atoms with Crippen molar-refractivity contribution >= 4 is 38.6 Å². The van der Waals surface area contributed by atoms with Crippen LogP contribution < -0.4 is 21.9 Å². The van der Waals surface area contributed by atoms with Crippen LogP contribution >= 0.6 is 15.9 Å². The van der Waals surface area contributed by atoms with Crippen molar-refractivity contribution < 1.29 is 21.9 Å². The summed E-state index contributed by atoms with van der Waals surface area (Å²) in [5.41, 5.74) is 2.97. The van der Waals surface area contributed by atoms with E-state index in [0.717, 1.165) is 21.1 Å². The lowest BCUT2D eigenvalue weighted by Gasteiger charge is -2.15. The van der Waals surface area contributed by atoms with Gasteiger partial charge in [0.1, 0.15) is 11.9 Å². The molecule has 2 aromatic carbocycles. The van der Waals surface area contributed by atoms with Gasteiger partial charge in [-0.05, 0) is 57.8 Å². The predicted molar refractivity (Wildman–Crippen MR) is 111 cm³/mol. The summed E-state index contributed by atoms with van der Waals surface area (Å²) in [4.78, 5) is 7.68. The number of nitrogens with zero attached hydrogens (tertiary/aromatic N) is 2. The van der Waals surface area contributed by atoms with Gasteiger partial charge in [0.25, 0.3) is 0 Å². The van der Waals surface area contributed by atoms with Crippen molar-refractivity contribution in [3.05, 3.63) is 52.3 Å². The molecule has 3 aromatic rings. The number of methoxy groups -OCH3 is 1. The number of benzene rings is 2. The van der Waals surface area contributed by atoms with E-state index < -0.39 is 0 Å². The standard InChI is InChI=1S/C21H20BrN3O2.ClH/c1-13(2)12-27-20-16(22)9-14(10-19(20)26-3)8-15(11-23)21-24-17-6-4-5-7-18(17)25-21;/h4-10,13H,12H2,1-3H3,(H,24,25);1H/p-1/b15-8+;. The van der Waals surface area contributed by atoms with Gasteiger partial charge >= 0.3 is 0 Å². The number of rotatable bonds is 6. The highest BCUT2D eigenvalue weighted by Gasteiger charge is 2.13. The molecule has 0 radical (unpaired) electrons. The minimum Gasteiger partial charge on any atom is -1.00 e. The van der Waals surface area contributed by atoms with Crippen LogP contribution in [0.3, 0.4) is 0 Å². The molecule has 0 aliphatic heterocycles. The quantitative estimate of drug-likeness (QED) is 0.573. The third-order valence-corrected chi connectivity index (χ3v) is 4.48. The van der Waals surface area contributed by atoms with Gasteiger partial charge in [0, 0.05) is 0 Å². The lowest BCUT2D eigenvalue weighted by Crippen LogP contribution is -3.00. The summed E-state index contributed by atoms with van der Waals surface area (Å²) in [6.07, 6.45) is 1.78. The number of hydrogen-bond donors (Lipinski definition) is 1. The lowest BCUT2D eigenvalue weighted by molar-refractivity contribution is -0.00000631. The predicted octanol–water partition coefficient (Wildman–Crippen LogP) is 2.44. The fourth-order valence-electron chi connectivity index (χ4n) is 2.61. The number of H-pyrrole nitrogens is 1. The number of aromatic nitrogens is 2. The summed E-state index contributed by atoms with van der Waals surface area (Å²) < 4.78 is 12.1. The first-order chi connectivity index (χ1) is 13.0. The Morgan fingerprint density at radius 2 is 2.07 bits per heavy atom. The minimum absolute atomic E-state index is 0. The monoisotopic (exact) mass is 460 g/mol. The Hall–Kier alpha value is -2.49. The first-order valence-electron chi connectivity index (χ1n) is 8.59. The van der Waals surface area contributed by atoms with Gasteiger partial charge in [-0.15, -0.1) is 0 Å². The molecular formula is C21H20BrClN3O2-. The van der Waals surface area contributed by atoms with Crippen molar-refractivity contribution in [1.82, 2.24) is 9.97 Å². The summed E-state index contributed by atoms with van der Waals surface area (Å²) in [6.45, 7) is 4.76. The number of allylic oxidation sites excluding steroid dienone is 1. The van der Waals surface area contributed by atoms with Crippen LogP contribution in [-0.4, -0.2) is 23.7 Å². The van der Waals surface area contributed by atoms with Crippen LogP contribution in [0.4, 0.5) is 0 Å². The number of nitriles is 1. The van der Waals surface area contributed by atoms with E-state index in [1.807, 2.05) is 36.4 Å². The van der Waals surface area contributed by atoms with Crippen molar-refractivity contribution in [2.45, 2.75) is 13.8 Å². The highest BCUT2D eigenvalue weighted by molar-refractivity contribution is 9.10. The van der Waals surface area contributed by atoms with Gasteiger partial charge in [-0.25, -0.2) is 4.98 Å². The zero-order chi connectivity index (χ0) is 19.4. The van der Waals surface area contributed by atoms with E-state index in [9.17, 15) is 5.26 Å². The topological polar surface area (TPSA) is 70.9 Å². The first kappa shape index (κ1) is 21.8. The number of para-hydroxylation sites is 2. The molecule has 0 fully saturated rings. The van der Waals surface area contributed by atoms with Crippen LogP contribution in [0, 0.1) is 17.2 Å². The average Bonchev–Trinajstić information content (AvgIpc) is 3.08. The molecule has 7 heteroatoms. The van der Waals surface area contributed by atoms with E-state index in [1.54, 1.807) is 13.2 Å². The van der Waals surface area contributed by atoms with Gasteiger partial charge in [0.2, 0.25) is 0 Å². The summed E-state index contributed by atoms with van der Waals surface area (Å²) in [7, 11) is 1.60. The zero-order valence-electron chi connectivity index (χ0n) is 15.8. The average molecular weight is 462 g/mol. The Bertz CT molecular complexity index is 1000. The fourth-order valence-corrected chi connectivity index (χ4v) is 3.19. The summed E-state index contributed by atoms with van der Waals surface area (Å²) >= 11 is 3.54. The smallest absolute Gasteiger partial charge is 0.175 e. The summed E-state index contributed by atoms with van der Waals surface area (Å²) in [5, 5.41) is 9.62. The highest BCUT2D eigenvalue weighted by Crippen LogP contribution is 2.37. The van der Waals surface area contributed by atoms with Gasteiger partial charge < -0.3 is 26.9 Å². The van der Waals surface area contributed by atoms with Gasteiger partial charge in [0.05, 0.1) is 34.8 Å². The molecule has 1 N–H and O–H groups in total. The molecule has 1 aromatic heterocycles. The number of aromatic amines is 1. The zero-order valence-corrected chi connectivity index (χ0v) is 18.1. The van der Waals surface area contributed by atoms with Crippen LogP contribution in [0.25, 0.3) is 22.7 Å². The fraction of sp³-hybridized carbons (Fsp3) is 0.238. The molecule has 0 aliphatic carbocycles. The minimum atomic E-state index is 0. The van der Waals surface area contributed by atoms with E-state index in [1.165, 1.54) is 0 Å². The maximum Gasteiger partial charge on any atom is 0.175 e. The Morgan fingerprint density at radius 1 is 1.32 bits per heavy atom. The second-order valence-corrected chi connectivity index (χ2v) is 7.37. The molecular weight excluding hydrogens is 442 g/mol. The molecule has 0 spiro atoms. The van der Waals surface area contributed by atoms with Crippen molar-refractivity contribution in [1.29, 1.82) is 5.26 Å². The maximum absolute atomic E-state index is 9.62. The summed E-state index contributed by atoms with van der Waals surface area (Å²) in [6, 6.07) is 13.7. The van der Waals surface area contributed by atoms with Crippen LogP contribution in [0.5, 0.6) is 11.5 Å². The Labute approximate surface area is 178 Å². The van der Waals surface area contributed by atoms with Crippen molar-refractivity contribution in [3.63, 3.8) is 0 Å². The Balaban J connectivity index is 0.00000280. The van der Waals surface area contributed by atoms with Crippen LogP contribution in [-0.2, 0) is 0 Å². The number of fused-ring (bicyclic) bond motifs is 1. The van der Waals surface area contributed by atoms with Crippen LogP contribution in [0.1, 0.15) is 25.2 Å². The van der Waals surface area contributed by atoms with Crippen molar-refractivity contribution in [2.75, 3.05) is 13.7 Å². The second kappa shape index (κ2) is 9.63. The van der Waals surface area contributed by atoms with Gasteiger partial charge in [-0.1, -0.05) is 26.0 Å². The van der Waals surface area contributed by atoms with Gasteiger partial charge in [-0.3, -0.25) is 0 Å². The molecule has 146 valence electrons. The number of halogens is 2. The van der Waals surface area contributed by atoms with Crippen LogP contribution in [0.15, 0.2) is 40.9 Å². The van der Waals surface area contributed by atoms with E-state index >= 15 is 0 Å². The molecule has 0 amide bonds. The third kappa shape index (κ3) is 4.86. The third-order valence-electron chi connectivity index (χ3n) is 3.89. The SMILES string of the molecule is COc1cc(/C=C(\C#N)c2nc3ccccc3[nH]2)cc(Br)c1OCC(C)C.[Cl-]. The molecule has 0 aliphatic rings. The maximum atomic E-state index is 9.62. The Morgan fingerprint density at radius 3 is 2.71 bits per heavy atom. The largest absolute Gasteiger partial charge is 1.00 e.